The Labute approximate surface area is 195 Å². The zero-order valence-electron chi connectivity index (χ0n) is 18.6. The van der Waals surface area contributed by atoms with Gasteiger partial charge < -0.3 is 15.0 Å². The van der Waals surface area contributed by atoms with Crippen molar-refractivity contribution in [2.75, 3.05) is 25.0 Å². The van der Waals surface area contributed by atoms with Crippen molar-refractivity contribution in [2.24, 2.45) is 0 Å². The van der Waals surface area contributed by atoms with Crippen molar-refractivity contribution in [3.63, 3.8) is 0 Å². The first-order chi connectivity index (χ1) is 16.5. The summed E-state index contributed by atoms with van der Waals surface area (Å²) in [7, 11) is 1.59. The van der Waals surface area contributed by atoms with Crippen molar-refractivity contribution >= 4 is 23.7 Å². The van der Waals surface area contributed by atoms with E-state index in [1.807, 2.05) is 30.3 Å². The third-order valence-corrected chi connectivity index (χ3v) is 5.88. The van der Waals surface area contributed by atoms with E-state index in [2.05, 4.69) is 20.5 Å². The number of anilines is 1. The molecule has 12 nitrogen and oxygen atoms in total. The molecule has 176 valence electrons. The van der Waals surface area contributed by atoms with Crippen molar-refractivity contribution in [3.8, 4) is 5.88 Å². The predicted molar refractivity (Wildman–Crippen MR) is 119 cm³/mol. The molecule has 3 amide bonds. The topological polar surface area (TPSA) is 127 Å². The van der Waals surface area contributed by atoms with Gasteiger partial charge in [0.15, 0.2) is 0 Å². The summed E-state index contributed by atoms with van der Waals surface area (Å²) in [6.45, 7) is 2.18. The van der Waals surface area contributed by atoms with Crippen LogP contribution in [0.5, 0.6) is 5.88 Å². The standard InChI is InChI=1S/C22H24N8O4/c1-27-18-12-17(34-22(33)28-9-5-10-28)25-30(18)11-8-16(21(27)32)24-20(31)19-23-14-29(26-19)13-15-6-3-2-4-7-15/h2-4,6-7,12,14,16H,5,8-11,13H2,1H3,(H,24,31)/t16-/m0/s1. The smallest absolute Gasteiger partial charge is 0.389 e. The molecule has 5 rings (SSSR count). The van der Waals surface area contributed by atoms with Gasteiger partial charge in [-0.2, -0.15) is 0 Å². The average Bonchev–Trinajstić information content (AvgIpc) is 3.39. The molecular formula is C22H24N8O4. The predicted octanol–water partition coefficient (Wildman–Crippen LogP) is 0.892. The number of ether oxygens (including phenoxy) is 1. The van der Waals surface area contributed by atoms with Gasteiger partial charge in [-0.1, -0.05) is 30.3 Å². The summed E-state index contributed by atoms with van der Waals surface area (Å²) in [6.07, 6.45) is 2.31. The Hall–Kier alpha value is -4.22. The number of rotatable bonds is 5. The number of hydrogen-bond acceptors (Lipinski definition) is 7. The monoisotopic (exact) mass is 464 g/mol. The Balaban J connectivity index is 1.22. The molecule has 3 aromatic rings. The number of carbonyl (C=O) groups excluding carboxylic acids is 3. The Kier molecular flexibility index (Phi) is 5.70. The first kappa shape index (κ1) is 21.6. The third kappa shape index (κ3) is 4.34. The van der Waals surface area contributed by atoms with E-state index in [0.29, 0.717) is 38.4 Å². The summed E-state index contributed by atoms with van der Waals surface area (Å²) in [5, 5.41) is 11.3. The number of amides is 3. The molecule has 2 aromatic heterocycles. The summed E-state index contributed by atoms with van der Waals surface area (Å²) in [4.78, 5) is 44.9. The Morgan fingerprint density at radius 2 is 1.94 bits per heavy atom. The molecule has 0 bridgehead atoms. The fourth-order valence-corrected chi connectivity index (χ4v) is 3.84. The molecule has 0 radical (unpaired) electrons. The van der Waals surface area contributed by atoms with E-state index in [-0.39, 0.29) is 17.6 Å². The normalized spacial score (nSPS) is 17.6. The van der Waals surface area contributed by atoms with Crippen LogP contribution >= 0.6 is 0 Å². The highest BCUT2D eigenvalue weighted by molar-refractivity contribution is 6.00. The molecule has 1 atom stereocenters. The van der Waals surface area contributed by atoms with E-state index in [0.717, 1.165) is 12.0 Å². The zero-order chi connectivity index (χ0) is 23.7. The lowest BCUT2D eigenvalue weighted by molar-refractivity contribution is -0.120. The second-order valence-electron chi connectivity index (χ2n) is 8.24. The van der Waals surface area contributed by atoms with Gasteiger partial charge in [0, 0.05) is 32.7 Å². The van der Waals surface area contributed by atoms with E-state index in [1.54, 1.807) is 27.4 Å². The molecule has 2 aliphatic heterocycles. The maximum absolute atomic E-state index is 13.0. The molecule has 1 fully saturated rings. The summed E-state index contributed by atoms with van der Waals surface area (Å²) in [5.74, 6) is -0.215. The molecule has 2 aliphatic rings. The van der Waals surface area contributed by atoms with Crippen molar-refractivity contribution in [1.82, 2.24) is 34.8 Å². The van der Waals surface area contributed by atoms with Crippen molar-refractivity contribution in [1.29, 1.82) is 0 Å². The Morgan fingerprint density at radius 1 is 1.15 bits per heavy atom. The van der Waals surface area contributed by atoms with Crippen LogP contribution in [-0.4, -0.2) is 73.5 Å². The van der Waals surface area contributed by atoms with Gasteiger partial charge in [-0.05, 0) is 18.4 Å². The van der Waals surface area contributed by atoms with Gasteiger partial charge >= 0.3 is 6.09 Å². The van der Waals surface area contributed by atoms with Gasteiger partial charge in [0.05, 0.1) is 6.54 Å². The number of hydrogen-bond donors (Lipinski definition) is 1. The van der Waals surface area contributed by atoms with E-state index in [1.165, 1.54) is 11.2 Å². The molecular weight excluding hydrogens is 440 g/mol. The van der Waals surface area contributed by atoms with Crippen molar-refractivity contribution < 1.29 is 19.1 Å². The van der Waals surface area contributed by atoms with Gasteiger partial charge in [0.2, 0.25) is 11.7 Å². The quantitative estimate of drug-likeness (QED) is 0.594. The second kappa shape index (κ2) is 8.96. The molecule has 1 saturated heterocycles. The number of nitrogens with one attached hydrogen (secondary N) is 1. The van der Waals surface area contributed by atoms with Gasteiger partial charge in [-0.25, -0.2) is 19.1 Å². The fourth-order valence-electron chi connectivity index (χ4n) is 3.84. The number of fused-ring (bicyclic) bond motifs is 1. The summed E-state index contributed by atoms with van der Waals surface area (Å²) in [6, 6.07) is 10.5. The largest absolute Gasteiger partial charge is 0.416 e. The van der Waals surface area contributed by atoms with Gasteiger partial charge in [-0.15, -0.1) is 10.2 Å². The summed E-state index contributed by atoms with van der Waals surface area (Å²) in [5.41, 5.74) is 1.03. The zero-order valence-corrected chi connectivity index (χ0v) is 18.6. The lowest BCUT2D eigenvalue weighted by atomic mass is 10.2. The molecule has 4 heterocycles. The molecule has 0 spiro atoms. The van der Waals surface area contributed by atoms with E-state index >= 15 is 0 Å². The minimum Gasteiger partial charge on any atom is -0.389 e. The van der Waals surface area contributed by atoms with Crippen LogP contribution in [0.25, 0.3) is 0 Å². The Morgan fingerprint density at radius 3 is 2.68 bits per heavy atom. The molecule has 0 aliphatic carbocycles. The maximum Gasteiger partial charge on any atom is 0.416 e. The summed E-state index contributed by atoms with van der Waals surface area (Å²) < 4.78 is 8.48. The highest BCUT2D eigenvalue weighted by atomic mass is 16.6. The molecule has 0 saturated carbocycles. The van der Waals surface area contributed by atoms with E-state index in [4.69, 9.17) is 4.74 Å². The van der Waals surface area contributed by atoms with Crippen LogP contribution in [0.15, 0.2) is 42.7 Å². The summed E-state index contributed by atoms with van der Waals surface area (Å²) >= 11 is 0. The molecule has 34 heavy (non-hydrogen) atoms. The lowest BCUT2D eigenvalue weighted by Crippen LogP contribution is -2.47. The number of likely N-dealkylation sites (tertiary alicyclic amines) is 1. The highest BCUT2D eigenvalue weighted by Gasteiger charge is 2.32. The van der Waals surface area contributed by atoms with Crippen molar-refractivity contribution in [2.45, 2.75) is 32.0 Å². The van der Waals surface area contributed by atoms with E-state index < -0.39 is 18.0 Å². The average molecular weight is 464 g/mol. The van der Waals surface area contributed by atoms with Crippen LogP contribution in [-0.2, 0) is 17.9 Å². The number of carbonyl (C=O) groups is 3. The number of likely N-dealkylation sites (N-methyl/N-ethyl adjacent to an activating group) is 1. The minimum absolute atomic E-state index is 0.00596. The van der Waals surface area contributed by atoms with Gasteiger partial charge in [0.25, 0.3) is 11.8 Å². The van der Waals surface area contributed by atoms with Crippen LogP contribution in [0.1, 0.15) is 29.0 Å². The number of aromatic nitrogens is 5. The fraction of sp³-hybridized carbons (Fsp3) is 0.364. The number of benzene rings is 1. The molecule has 0 unspecified atom stereocenters. The number of aryl methyl sites for hydroxylation is 1. The van der Waals surface area contributed by atoms with Crippen LogP contribution < -0.4 is 15.0 Å². The van der Waals surface area contributed by atoms with Crippen LogP contribution in [0.3, 0.4) is 0 Å². The van der Waals surface area contributed by atoms with E-state index in [9.17, 15) is 14.4 Å². The van der Waals surface area contributed by atoms with Gasteiger partial charge in [-0.3, -0.25) is 14.5 Å². The molecule has 1 aromatic carbocycles. The van der Waals surface area contributed by atoms with Crippen molar-refractivity contribution in [3.05, 3.63) is 54.1 Å². The number of nitrogens with zero attached hydrogens (tertiary/aromatic N) is 7. The first-order valence-electron chi connectivity index (χ1n) is 11.0. The first-order valence-corrected chi connectivity index (χ1v) is 11.0. The SMILES string of the molecule is CN1C(=O)[C@@H](NC(=O)c2ncn(Cc3ccccc3)n2)CCn2nc(OC(=O)N3CCC3)cc21. The molecule has 1 N–H and O–H groups in total. The highest BCUT2D eigenvalue weighted by Crippen LogP contribution is 2.25. The van der Waals surface area contributed by atoms with Crippen LogP contribution in [0.2, 0.25) is 0 Å². The van der Waals surface area contributed by atoms with Crippen LogP contribution in [0, 0.1) is 0 Å². The lowest BCUT2D eigenvalue weighted by Gasteiger charge is -2.29. The van der Waals surface area contributed by atoms with Crippen LogP contribution in [0.4, 0.5) is 10.6 Å². The third-order valence-electron chi connectivity index (χ3n) is 5.88. The second-order valence-corrected chi connectivity index (χ2v) is 8.24. The Bertz CT molecular complexity index is 1220. The minimum atomic E-state index is -0.771. The molecule has 12 heteroatoms. The van der Waals surface area contributed by atoms with Gasteiger partial charge in [0.1, 0.15) is 18.2 Å². The maximum atomic E-state index is 13.0.